The lowest BCUT2D eigenvalue weighted by atomic mass is 9.85. The van der Waals surface area contributed by atoms with E-state index in [1.54, 1.807) is 13.8 Å². The highest BCUT2D eigenvalue weighted by molar-refractivity contribution is 5.37. The molecule has 1 aromatic carbocycles. The smallest absolute Gasteiger partial charge is 0.183 e. The molecule has 0 heterocycles. The van der Waals surface area contributed by atoms with Crippen LogP contribution < -0.4 is 0 Å². The van der Waals surface area contributed by atoms with Crippen LogP contribution in [-0.2, 0) is 16.8 Å². The minimum Gasteiger partial charge on any atom is -0.438 e. The normalized spacial score (nSPS) is 13.8. The zero-order valence-electron chi connectivity index (χ0n) is 12.2. The molecule has 0 atom stereocenters. The molecule has 0 saturated heterocycles. The van der Waals surface area contributed by atoms with Crippen LogP contribution in [0.5, 0.6) is 0 Å². The SMILES string of the molecule is CC(C)(O)c1cc(C(C)(C)[OH2+])cc(C(C)(C)[OH2+])c1. The van der Waals surface area contributed by atoms with E-state index >= 15 is 0 Å². The van der Waals surface area contributed by atoms with Crippen LogP contribution in [0.4, 0.5) is 0 Å². The fourth-order valence-corrected chi connectivity index (χ4v) is 1.70. The van der Waals surface area contributed by atoms with Crippen LogP contribution in [0, 0.1) is 0 Å². The molecule has 0 spiro atoms. The Hall–Kier alpha value is -0.900. The lowest BCUT2D eigenvalue weighted by molar-refractivity contribution is 0.0651. The van der Waals surface area contributed by atoms with Gasteiger partial charge in [-0.05, 0) is 37.6 Å². The summed E-state index contributed by atoms with van der Waals surface area (Å²) in [6.45, 7) is 10.7. The maximum absolute atomic E-state index is 10.1. The minimum atomic E-state index is -0.957. The molecule has 18 heavy (non-hydrogen) atoms. The standard InChI is InChI=1S/C15H24O3/c1-13(2,16)10-7-11(14(3,4)17)9-12(8-10)15(5,6)18/h7-9,16-18H,1-6H3/p+2. The van der Waals surface area contributed by atoms with Gasteiger partial charge in [-0.2, -0.15) is 0 Å². The number of aliphatic hydroxyl groups is 1. The Bertz CT molecular complexity index is 350. The highest BCUT2D eigenvalue weighted by atomic mass is 16.3. The third-order valence-electron chi connectivity index (χ3n) is 3.08. The molecule has 0 amide bonds. The summed E-state index contributed by atoms with van der Waals surface area (Å²) >= 11 is 0. The van der Waals surface area contributed by atoms with Crippen LogP contribution in [0.2, 0.25) is 0 Å². The Kier molecular flexibility index (Phi) is 3.65. The first-order chi connectivity index (χ1) is 7.82. The third-order valence-corrected chi connectivity index (χ3v) is 3.08. The van der Waals surface area contributed by atoms with E-state index in [1.165, 1.54) is 0 Å². The van der Waals surface area contributed by atoms with Crippen molar-refractivity contribution in [2.24, 2.45) is 0 Å². The number of hydrogen-bond donors (Lipinski definition) is 1. The van der Waals surface area contributed by atoms with Gasteiger partial charge in [0.05, 0.1) is 5.60 Å². The van der Waals surface area contributed by atoms with E-state index in [-0.39, 0.29) is 0 Å². The van der Waals surface area contributed by atoms with Gasteiger partial charge >= 0.3 is 0 Å². The van der Waals surface area contributed by atoms with Gasteiger partial charge in [-0.1, -0.05) is 0 Å². The summed E-state index contributed by atoms with van der Waals surface area (Å²) in [7, 11) is 0. The Labute approximate surface area is 109 Å². The van der Waals surface area contributed by atoms with Crippen LogP contribution in [0.1, 0.15) is 58.2 Å². The largest absolute Gasteiger partial charge is 0.438 e. The van der Waals surface area contributed by atoms with Gasteiger partial charge in [0.15, 0.2) is 11.2 Å². The van der Waals surface area contributed by atoms with Crippen molar-refractivity contribution < 1.29 is 15.3 Å². The monoisotopic (exact) mass is 254 g/mol. The van der Waals surface area contributed by atoms with Crippen molar-refractivity contribution in [2.75, 3.05) is 0 Å². The third kappa shape index (κ3) is 3.55. The van der Waals surface area contributed by atoms with E-state index in [1.807, 2.05) is 45.9 Å². The van der Waals surface area contributed by atoms with Gasteiger partial charge in [0.2, 0.25) is 0 Å². The second kappa shape index (κ2) is 4.34. The Morgan fingerprint density at radius 2 is 1.00 bits per heavy atom. The fourth-order valence-electron chi connectivity index (χ4n) is 1.70. The Morgan fingerprint density at radius 3 is 1.22 bits per heavy atom. The van der Waals surface area contributed by atoms with Crippen LogP contribution in [0.15, 0.2) is 18.2 Å². The summed E-state index contributed by atoms with van der Waals surface area (Å²) in [5.41, 5.74) is -0.00500. The average molecular weight is 254 g/mol. The first-order valence-electron chi connectivity index (χ1n) is 6.21. The van der Waals surface area contributed by atoms with Gasteiger partial charge in [-0.25, -0.2) is 0 Å². The van der Waals surface area contributed by atoms with Gasteiger partial charge in [0, 0.05) is 38.8 Å². The van der Waals surface area contributed by atoms with Crippen molar-refractivity contribution >= 4 is 0 Å². The molecule has 0 aromatic heterocycles. The quantitative estimate of drug-likeness (QED) is 0.822. The van der Waals surface area contributed by atoms with E-state index in [0.717, 1.165) is 16.7 Å². The van der Waals surface area contributed by atoms with Gasteiger partial charge in [-0.15, -0.1) is 0 Å². The molecule has 1 aromatic rings. The van der Waals surface area contributed by atoms with E-state index in [2.05, 4.69) is 0 Å². The van der Waals surface area contributed by atoms with E-state index in [9.17, 15) is 5.11 Å². The summed E-state index contributed by atoms with van der Waals surface area (Å²) in [6, 6.07) is 5.62. The predicted molar refractivity (Wildman–Crippen MR) is 75.0 cm³/mol. The van der Waals surface area contributed by atoms with Crippen LogP contribution in [0.25, 0.3) is 0 Å². The summed E-state index contributed by atoms with van der Waals surface area (Å²) in [6.07, 6.45) is 0. The van der Waals surface area contributed by atoms with Crippen molar-refractivity contribution in [3.63, 3.8) is 0 Å². The Balaban J connectivity index is 3.49. The summed E-state index contributed by atoms with van der Waals surface area (Å²) in [5.74, 6) is 0. The number of rotatable bonds is 3. The topological polar surface area (TPSA) is 66.0 Å². The summed E-state index contributed by atoms with van der Waals surface area (Å²) in [5, 5.41) is 26.4. The number of hydrogen-bond acceptors (Lipinski definition) is 1. The minimum absolute atomic E-state index is 0.735. The molecule has 0 aliphatic carbocycles. The summed E-state index contributed by atoms with van der Waals surface area (Å²) in [4.78, 5) is 0. The molecule has 0 aliphatic heterocycles. The molecular formula is C15H26O3+2. The molecule has 3 nitrogen and oxygen atoms in total. The van der Waals surface area contributed by atoms with E-state index in [0.29, 0.717) is 0 Å². The van der Waals surface area contributed by atoms with Crippen LogP contribution in [0.3, 0.4) is 0 Å². The van der Waals surface area contributed by atoms with Crippen LogP contribution >= 0.6 is 0 Å². The van der Waals surface area contributed by atoms with Crippen LogP contribution in [-0.4, -0.2) is 15.3 Å². The van der Waals surface area contributed by atoms with Crippen molar-refractivity contribution in [1.82, 2.24) is 0 Å². The zero-order chi connectivity index (χ0) is 14.4. The lowest BCUT2D eigenvalue weighted by Crippen LogP contribution is -2.24. The second-order valence-corrected chi connectivity index (χ2v) is 6.61. The zero-order valence-corrected chi connectivity index (χ0v) is 12.2. The molecule has 0 fully saturated rings. The molecule has 0 radical (unpaired) electrons. The molecule has 102 valence electrons. The molecule has 0 unspecified atom stereocenters. The highest BCUT2D eigenvalue weighted by Gasteiger charge is 2.30. The van der Waals surface area contributed by atoms with Crippen molar-refractivity contribution in [3.05, 3.63) is 34.9 Å². The average Bonchev–Trinajstić information content (AvgIpc) is 2.13. The maximum atomic E-state index is 10.1. The lowest BCUT2D eigenvalue weighted by Gasteiger charge is -2.24. The molecular weight excluding hydrogens is 228 g/mol. The van der Waals surface area contributed by atoms with Gasteiger partial charge in [-0.3, -0.25) is 0 Å². The van der Waals surface area contributed by atoms with Crippen molar-refractivity contribution in [2.45, 2.75) is 58.3 Å². The van der Waals surface area contributed by atoms with Crippen molar-refractivity contribution in [1.29, 1.82) is 0 Å². The van der Waals surface area contributed by atoms with Gasteiger partial charge in [0.1, 0.15) is 0 Å². The van der Waals surface area contributed by atoms with Gasteiger partial charge < -0.3 is 15.3 Å². The molecule has 0 saturated carbocycles. The number of benzene rings is 1. The predicted octanol–water partition coefficient (Wildman–Crippen LogP) is 1.83. The van der Waals surface area contributed by atoms with E-state index in [4.69, 9.17) is 10.2 Å². The second-order valence-electron chi connectivity index (χ2n) is 6.61. The molecule has 3 heteroatoms. The summed E-state index contributed by atoms with van der Waals surface area (Å²) < 4.78 is 0. The molecule has 0 bridgehead atoms. The molecule has 1 rings (SSSR count). The maximum Gasteiger partial charge on any atom is 0.183 e. The molecule has 0 aliphatic rings. The molecule has 5 N–H and O–H groups in total. The van der Waals surface area contributed by atoms with Gasteiger partial charge in [0.25, 0.3) is 0 Å². The first-order valence-corrected chi connectivity index (χ1v) is 6.21. The van der Waals surface area contributed by atoms with Crippen molar-refractivity contribution in [3.8, 4) is 0 Å². The van der Waals surface area contributed by atoms with E-state index < -0.39 is 16.8 Å². The fraction of sp³-hybridized carbons (Fsp3) is 0.600. The first kappa shape index (κ1) is 15.2. The highest BCUT2D eigenvalue weighted by Crippen LogP contribution is 2.31. The Morgan fingerprint density at radius 1 is 0.722 bits per heavy atom.